The summed E-state index contributed by atoms with van der Waals surface area (Å²) in [7, 11) is 0. The summed E-state index contributed by atoms with van der Waals surface area (Å²) in [5.41, 5.74) is 0. The molecule has 0 bridgehead atoms. The van der Waals surface area contributed by atoms with E-state index in [4.69, 9.17) is 0 Å². The van der Waals surface area contributed by atoms with Gasteiger partial charge in [-0.2, -0.15) is 4.98 Å². The maximum Gasteiger partial charge on any atom is 0.315 e. The molecule has 1 aromatic rings. The zero-order valence-corrected chi connectivity index (χ0v) is 8.12. The van der Waals surface area contributed by atoms with Crippen molar-refractivity contribution in [1.82, 2.24) is 20.8 Å². The molecule has 1 aromatic heterocycles. The number of rotatable bonds is 5. The van der Waals surface area contributed by atoms with Crippen molar-refractivity contribution >= 4 is 6.03 Å². The highest BCUT2D eigenvalue weighted by atomic mass is 16.5. The Kier molecular flexibility index (Phi) is 4.46. The highest BCUT2D eigenvalue weighted by Gasteiger charge is 2.01. The van der Waals surface area contributed by atoms with E-state index in [0.29, 0.717) is 12.4 Å². The van der Waals surface area contributed by atoms with Crippen LogP contribution >= 0.6 is 0 Å². The topological polar surface area (TPSA) is 80.0 Å². The lowest BCUT2D eigenvalue weighted by molar-refractivity contribution is 0.240. The third-order valence-electron chi connectivity index (χ3n) is 1.63. The zero-order valence-electron chi connectivity index (χ0n) is 8.12. The smallest absolute Gasteiger partial charge is 0.315 e. The maximum absolute atomic E-state index is 11.1. The number of hydrogen-bond acceptors (Lipinski definition) is 4. The average Bonchev–Trinajstić information content (AvgIpc) is 2.68. The van der Waals surface area contributed by atoms with Gasteiger partial charge < -0.3 is 15.2 Å². The third kappa shape index (κ3) is 3.88. The molecule has 0 atom stereocenters. The molecule has 78 valence electrons. The molecular formula is C8H14N4O2. The van der Waals surface area contributed by atoms with Crippen molar-refractivity contribution < 1.29 is 9.32 Å². The Balaban J connectivity index is 2.09. The van der Waals surface area contributed by atoms with Gasteiger partial charge in [-0.25, -0.2) is 4.79 Å². The Morgan fingerprint density at radius 1 is 1.57 bits per heavy atom. The maximum atomic E-state index is 11.1. The van der Waals surface area contributed by atoms with Gasteiger partial charge in [-0.3, -0.25) is 0 Å². The number of nitrogens with zero attached hydrogens (tertiary/aromatic N) is 2. The summed E-state index contributed by atoms with van der Waals surface area (Å²) in [5.74, 6) is 0.468. The van der Waals surface area contributed by atoms with E-state index in [-0.39, 0.29) is 12.6 Å². The minimum atomic E-state index is -0.205. The number of carbonyl (C=O) groups is 1. The number of aromatic nitrogens is 2. The second-order valence-electron chi connectivity index (χ2n) is 2.81. The first-order chi connectivity index (χ1) is 6.83. The van der Waals surface area contributed by atoms with E-state index in [1.165, 1.54) is 6.39 Å². The van der Waals surface area contributed by atoms with Crippen molar-refractivity contribution in [2.24, 2.45) is 0 Å². The van der Waals surface area contributed by atoms with Crippen LogP contribution in [0.4, 0.5) is 4.79 Å². The molecule has 6 heteroatoms. The second-order valence-corrected chi connectivity index (χ2v) is 2.81. The molecule has 6 nitrogen and oxygen atoms in total. The Morgan fingerprint density at radius 2 is 2.43 bits per heavy atom. The molecule has 0 spiro atoms. The predicted octanol–water partition coefficient (Wildman–Crippen LogP) is 0.669. The van der Waals surface area contributed by atoms with Crippen molar-refractivity contribution in [2.75, 3.05) is 6.54 Å². The Bertz CT molecular complexity index is 260. The van der Waals surface area contributed by atoms with Gasteiger partial charge in [0, 0.05) is 6.54 Å². The Morgan fingerprint density at radius 3 is 3.07 bits per heavy atom. The summed E-state index contributed by atoms with van der Waals surface area (Å²) in [6, 6.07) is -0.205. The molecule has 0 fully saturated rings. The number of urea groups is 1. The summed E-state index contributed by atoms with van der Waals surface area (Å²) >= 11 is 0. The van der Waals surface area contributed by atoms with E-state index >= 15 is 0 Å². The van der Waals surface area contributed by atoms with Crippen molar-refractivity contribution in [1.29, 1.82) is 0 Å². The molecule has 0 radical (unpaired) electrons. The van der Waals surface area contributed by atoms with Crippen LogP contribution in [0.3, 0.4) is 0 Å². The molecular weight excluding hydrogens is 184 g/mol. The van der Waals surface area contributed by atoms with Crippen LogP contribution in [0.1, 0.15) is 25.6 Å². The van der Waals surface area contributed by atoms with E-state index in [2.05, 4.69) is 32.2 Å². The predicted molar refractivity (Wildman–Crippen MR) is 49.4 cm³/mol. The molecule has 2 N–H and O–H groups in total. The molecule has 0 aliphatic carbocycles. The first-order valence-corrected chi connectivity index (χ1v) is 4.60. The molecule has 14 heavy (non-hydrogen) atoms. The van der Waals surface area contributed by atoms with Gasteiger partial charge in [0.2, 0.25) is 6.39 Å². The summed E-state index contributed by atoms with van der Waals surface area (Å²) in [6.07, 6.45) is 3.27. The van der Waals surface area contributed by atoms with Gasteiger partial charge in [0.1, 0.15) is 0 Å². The monoisotopic (exact) mass is 198 g/mol. The van der Waals surface area contributed by atoms with Crippen LogP contribution in [0.25, 0.3) is 0 Å². The van der Waals surface area contributed by atoms with E-state index in [1.807, 2.05) is 0 Å². The number of carbonyl (C=O) groups excluding carboxylic acids is 1. The van der Waals surface area contributed by atoms with Gasteiger partial charge in [-0.1, -0.05) is 18.5 Å². The normalized spacial score (nSPS) is 9.79. The average molecular weight is 198 g/mol. The standard InChI is InChI=1S/C8H14N4O2/c1-2-3-4-9-8(13)10-5-7-11-6-14-12-7/h6H,2-5H2,1H3,(H2,9,10,13). The molecule has 1 rings (SSSR count). The van der Waals surface area contributed by atoms with Gasteiger partial charge >= 0.3 is 6.03 Å². The van der Waals surface area contributed by atoms with E-state index in [9.17, 15) is 4.79 Å². The van der Waals surface area contributed by atoms with Gasteiger partial charge in [0.15, 0.2) is 5.82 Å². The number of unbranched alkanes of at least 4 members (excludes halogenated alkanes) is 1. The van der Waals surface area contributed by atoms with Crippen LogP contribution in [-0.2, 0) is 6.54 Å². The molecule has 0 saturated carbocycles. The number of hydrogen-bond donors (Lipinski definition) is 2. The molecule has 1 heterocycles. The van der Waals surface area contributed by atoms with Crippen molar-refractivity contribution in [3.63, 3.8) is 0 Å². The first-order valence-electron chi connectivity index (χ1n) is 4.60. The summed E-state index contributed by atoms with van der Waals surface area (Å²) in [5, 5.41) is 8.87. The minimum Gasteiger partial charge on any atom is -0.343 e. The van der Waals surface area contributed by atoms with Crippen molar-refractivity contribution in [3.8, 4) is 0 Å². The van der Waals surface area contributed by atoms with E-state index in [0.717, 1.165) is 12.8 Å². The van der Waals surface area contributed by atoms with E-state index < -0.39 is 0 Å². The summed E-state index contributed by atoms with van der Waals surface area (Å²) in [6.45, 7) is 3.04. The fourth-order valence-corrected chi connectivity index (χ4v) is 0.871. The summed E-state index contributed by atoms with van der Waals surface area (Å²) in [4.78, 5) is 14.9. The second kappa shape index (κ2) is 5.95. The SMILES string of the molecule is CCCCNC(=O)NCc1ncon1. The van der Waals surface area contributed by atoms with Crippen molar-refractivity contribution in [2.45, 2.75) is 26.3 Å². The van der Waals surface area contributed by atoms with Crippen LogP contribution in [0.2, 0.25) is 0 Å². The van der Waals surface area contributed by atoms with Gasteiger partial charge in [-0.15, -0.1) is 0 Å². The van der Waals surface area contributed by atoms with Crippen LogP contribution in [0.5, 0.6) is 0 Å². The van der Waals surface area contributed by atoms with Crippen LogP contribution < -0.4 is 10.6 Å². The molecule has 0 aliphatic rings. The molecule has 0 saturated heterocycles. The molecule has 2 amide bonds. The Labute approximate surface area is 82.1 Å². The molecule has 0 aromatic carbocycles. The molecule has 0 aliphatic heterocycles. The summed E-state index contributed by atoms with van der Waals surface area (Å²) < 4.78 is 4.51. The van der Waals surface area contributed by atoms with Gasteiger partial charge in [-0.05, 0) is 6.42 Å². The third-order valence-corrected chi connectivity index (χ3v) is 1.63. The Hall–Kier alpha value is -1.59. The lowest BCUT2D eigenvalue weighted by Gasteiger charge is -2.04. The van der Waals surface area contributed by atoms with Crippen LogP contribution in [-0.4, -0.2) is 22.7 Å². The van der Waals surface area contributed by atoms with Crippen LogP contribution in [0.15, 0.2) is 10.9 Å². The highest BCUT2D eigenvalue weighted by Crippen LogP contribution is 1.86. The van der Waals surface area contributed by atoms with Gasteiger partial charge in [0.25, 0.3) is 0 Å². The number of nitrogens with one attached hydrogen (secondary N) is 2. The van der Waals surface area contributed by atoms with E-state index in [1.54, 1.807) is 0 Å². The van der Waals surface area contributed by atoms with Crippen LogP contribution in [0, 0.1) is 0 Å². The van der Waals surface area contributed by atoms with Crippen molar-refractivity contribution in [3.05, 3.63) is 12.2 Å². The lowest BCUT2D eigenvalue weighted by Crippen LogP contribution is -2.35. The fraction of sp³-hybridized carbons (Fsp3) is 0.625. The minimum absolute atomic E-state index is 0.205. The zero-order chi connectivity index (χ0) is 10.2. The quantitative estimate of drug-likeness (QED) is 0.681. The highest BCUT2D eigenvalue weighted by molar-refractivity contribution is 5.73. The largest absolute Gasteiger partial charge is 0.343 e. The molecule has 0 unspecified atom stereocenters. The number of amides is 2. The fourth-order valence-electron chi connectivity index (χ4n) is 0.871. The first kappa shape index (κ1) is 10.5. The lowest BCUT2D eigenvalue weighted by atomic mass is 10.3. The van der Waals surface area contributed by atoms with Gasteiger partial charge in [0.05, 0.1) is 6.54 Å².